The predicted octanol–water partition coefficient (Wildman–Crippen LogP) is 1.50. The molecule has 22 heavy (non-hydrogen) atoms. The highest BCUT2D eigenvalue weighted by Gasteiger charge is 2.26. The number of aliphatic hydroxyl groups is 1. The minimum atomic E-state index is -1.15. The molecule has 0 radical (unpaired) electrons. The van der Waals surface area contributed by atoms with Crippen molar-refractivity contribution in [3.8, 4) is 0 Å². The van der Waals surface area contributed by atoms with Crippen LogP contribution in [0.25, 0.3) is 0 Å². The molecule has 0 fully saturated rings. The van der Waals surface area contributed by atoms with Crippen LogP contribution in [0.2, 0.25) is 0 Å². The van der Waals surface area contributed by atoms with E-state index in [-0.39, 0.29) is 12.5 Å². The second-order valence-electron chi connectivity index (χ2n) is 5.89. The van der Waals surface area contributed by atoms with E-state index in [0.717, 1.165) is 17.9 Å². The highest BCUT2D eigenvalue weighted by atomic mass is 16.3. The normalized spacial score (nSPS) is 13.9. The fourth-order valence-electron chi connectivity index (χ4n) is 2.67. The minimum absolute atomic E-state index is 0.132. The van der Waals surface area contributed by atoms with Crippen LogP contribution in [0.3, 0.4) is 0 Å². The quantitative estimate of drug-likeness (QED) is 0.879. The zero-order chi connectivity index (χ0) is 16.5. The molecule has 1 amide bonds. The van der Waals surface area contributed by atoms with E-state index in [1.54, 1.807) is 31.0 Å². The number of carbonyl (C=O) groups is 1. The molecule has 120 valence electrons. The lowest BCUT2D eigenvalue weighted by Gasteiger charge is -2.22. The molecule has 2 aromatic heterocycles. The fourth-order valence-corrected chi connectivity index (χ4v) is 2.67. The van der Waals surface area contributed by atoms with Crippen molar-refractivity contribution in [3.63, 3.8) is 0 Å². The van der Waals surface area contributed by atoms with Gasteiger partial charge in [-0.1, -0.05) is 0 Å². The molecular weight excluding hydrogens is 280 g/mol. The number of aryl methyl sites for hydroxylation is 2. The van der Waals surface area contributed by atoms with Gasteiger partial charge in [-0.05, 0) is 33.8 Å². The van der Waals surface area contributed by atoms with Crippen LogP contribution >= 0.6 is 0 Å². The number of nitrogens with one attached hydrogen (secondary N) is 1. The maximum absolute atomic E-state index is 12.4. The Morgan fingerprint density at radius 1 is 1.45 bits per heavy atom. The summed E-state index contributed by atoms with van der Waals surface area (Å²) in [6.45, 7) is 8.60. The van der Waals surface area contributed by atoms with Gasteiger partial charge < -0.3 is 15.0 Å². The van der Waals surface area contributed by atoms with E-state index < -0.39 is 5.60 Å². The summed E-state index contributed by atoms with van der Waals surface area (Å²) in [4.78, 5) is 12.4. The maximum Gasteiger partial charge on any atom is 0.253 e. The number of hydrogen-bond donors (Lipinski definition) is 2. The van der Waals surface area contributed by atoms with E-state index in [4.69, 9.17) is 0 Å². The molecular formula is C16H24N4O2. The van der Waals surface area contributed by atoms with Gasteiger partial charge in [0.2, 0.25) is 0 Å². The topological polar surface area (TPSA) is 72.1 Å². The molecule has 2 N–H and O–H groups in total. The first-order valence-electron chi connectivity index (χ1n) is 7.42. The molecule has 0 bridgehead atoms. The molecule has 2 rings (SSSR count). The zero-order valence-electron chi connectivity index (χ0n) is 13.8. The number of hydrogen-bond acceptors (Lipinski definition) is 3. The first kappa shape index (κ1) is 16.3. The molecule has 0 saturated carbocycles. The third kappa shape index (κ3) is 3.06. The first-order chi connectivity index (χ1) is 10.3. The first-order valence-corrected chi connectivity index (χ1v) is 7.42. The second kappa shape index (κ2) is 5.96. The molecule has 0 aliphatic heterocycles. The molecule has 1 atom stereocenters. The van der Waals surface area contributed by atoms with Gasteiger partial charge in [0.05, 0.1) is 18.3 Å². The van der Waals surface area contributed by atoms with Gasteiger partial charge in [-0.2, -0.15) is 5.10 Å². The molecule has 6 heteroatoms. The summed E-state index contributed by atoms with van der Waals surface area (Å²) < 4.78 is 3.72. The summed E-state index contributed by atoms with van der Waals surface area (Å²) in [5, 5.41) is 17.4. The highest BCUT2D eigenvalue weighted by Crippen LogP contribution is 2.19. The number of carbonyl (C=O) groups excluding carboxylic acids is 1. The summed E-state index contributed by atoms with van der Waals surface area (Å²) in [6.07, 6.45) is 3.35. The molecule has 2 aromatic rings. The Morgan fingerprint density at radius 2 is 2.14 bits per heavy atom. The fraction of sp³-hybridized carbons (Fsp3) is 0.500. The summed E-state index contributed by atoms with van der Waals surface area (Å²) in [5.74, 6) is -0.169. The second-order valence-corrected chi connectivity index (χ2v) is 5.89. The Balaban J connectivity index is 2.10. The third-order valence-corrected chi connectivity index (χ3v) is 4.05. The predicted molar refractivity (Wildman–Crippen MR) is 84.7 cm³/mol. The summed E-state index contributed by atoms with van der Waals surface area (Å²) in [5.41, 5.74) is 2.18. The SMILES string of the molecule is CCn1c(C)cc(C(=O)NCC(C)(O)c2cnn(C)c2)c1C. The Labute approximate surface area is 130 Å². The average molecular weight is 304 g/mol. The molecule has 0 spiro atoms. The molecule has 6 nitrogen and oxygen atoms in total. The van der Waals surface area contributed by atoms with E-state index in [1.807, 2.05) is 19.9 Å². The maximum atomic E-state index is 12.4. The smallest absolute Gasteiger partial charge is 0.253 e. The van der Waals surface area contributed by atoms with Gasteiger partial charge in [-0.25, -0.2) is 0 Å². The van der Waals surface area contributed by atoms with Crippen molar-refractivity contribution in [1.29, 1.82) is 0 Å². The number of nitrogens with zero attached hydrogens (tertiary/aromatic N) is 3. The van der Waals surface area contributed by atoms with Gasteiger partial charge in [0.25, 0.3) is 5.91 Å². The lowest BCUT2D eigenvalue weighted by Crippen LogP contribution is -2.38. The third-order valence-electron chi connectivity index (χ3n) is 4.05. The van der Waals surface area contributed by atoms with Crippen LogP contribution in [0.4, 0.5) is 0 Å². The molecule has 0 aromatic carbocycles. The van der Waals surface area contributed by atoms with Crippen molar-refractivity contribution in [2.24, 2.45) is 7.05 Å². The minimum Gasteiger partial charge on any atom is -0.383 e. The van der Waals surface area contributed by atoms with Crippen molar-refractivity contribution < 1.29 is 9.90 Å². The molecule has 0 aliphatic rings. The van der Waals surface area contributed by atoms with E-state index in [1.165, 1.54) is 0 Å². The summed E-state index contributed by atoms with van der Waals surface area (Å²) >= 11 is 0. The van der Waals surface area contributed by atoms with Gasteiger partial charge in [-0.3, -0.25) is 9.48 Å². The van der Waals surface area contributed by atoms with Gasteiger partial charge in [0.1, 0.15) is 5.60 Å². The van der Waals surface area contributed by atoms with Crippen molar-refractivity contribution in [1.82, 2.24) is 19.7 Å². The Kier molecular flexibility index (Phi) is 4.42. The zero-order valence-corrected chi connectivity index (χ0v) is 13.8. The van der Waals surface area contributed by atoms with Gasteiger partial charge in [-0.15, -0.1) is 0 Å². The van der Waals surface area contributed by atoms with Crippen LogP contribution in [-0.4, -0.2) is 31.9 Å². The standard InChI is InChI=1S/C16H24N4O2/c1-6-20-11(2)7-14(12(20)3)15(21)17-10-16(4,22)13-8-18-19(5)9-13/h7-9,22H,6,10H2,1-5H3,(H,17,21). The van der Waals surface area contributed by atoms with E-state index in [2.05, 4.69) is 21.9 Å². The lowest BCUT2D eigenvalue weighted by molar-refractivity contribution is 0.0525. The van der Waals surface area contributed by atoms with E-state index in [9.17, 15) is 9.90 Å². The van der Waals surface area contributed by atoms with Gasteiger partial charge in [0.15, 0.2) is 0 Å². The summed E-state index contributed by atoms with van der Waals surface area (Å²) in [7, 11) is 1.79. The molecule has 0 aliphatic carbocycles. The number of rotatable bonds is 5. The van der Waals surface area contributed by atoms with Crippen LogP contribution in [0, 0.1) is 13.8 Å². The van der Waals surface area contributed by atoms with Crippen molar-refractivity contribution in [2.75, 3.05) is 6.54 Å². The van der Waals surface area contributed by atoms with Crippen molar-refractivity contribution in [2.45, 2.75) is 39.8 Å². The van der Waals surface area contributed by atoms with Crippen LogP contribution < -0.4 is 5.32 Å². The average Bonchev–Trinajstić information content (AvgIpc) is 3.01. The van der Waals surface area contributed by atoms with Gasteiger partial charge >= 0.3 is 0 Å². The van der Waals surface area contributed by atoms with Crippen molar-refractivity contribution in [3.05, 3.63) is 41.0 Å². The molecule has 1 unspecified atom stereocenters. The lowest BCUT2D eigenvalue weighted by atomic mass is 9.99. The summed E-state index contributed by atoms with van der Waals surface area (Å²) in [6, 6.07) is 1.88. The Morgan fingerprint density at radius 3 is 2.64 bits per heavy atom. The Hall–Kier alpha value is -2.08. The van der Waals surface area contributed by atoms with E-state index >= 15 is 0 Å². The van der Waals surface area contributed by atoms with Crippen molar-refractivity contribution >= 4 is 5.91 Å². The highest BCUT2D eigenvalue weighted by molar-refractivity contribution is 5.95. The van der Waals surface area contributed by atoms with Crippen LogP contribution in [0.15, 0.2) is 18.5 Å². The van der Waals surface area contributed by atoms with Gasteiger partial charge in [0, 0.05) is 36.7 Å². The monoisotopic (exact) mass is 304 g/mol. The largest absolute Gasteiger partial charge is 0.383 e. The van der Waals surface area contributed by atoms with Crippen LogP contribution in [-0.2, 0) is 19.2 Å². The number of aromatic nitrogens is 3. The molecule has 0 saturated heterocycles. The Bertz CT molecular complexity index is 682. The number of amides is 1. The van der Waals surface area contributed by atoms with E-state index in [0.29, 0.717) is 11.1 Å². The van der Waals surface area contributed by atoms with Crippen LogP contribution in [0.5, 0.6) is 0 Å². The van der Waals surface area contributed by atoms with Crippen LogP contribution in [0.1, 0.15) is 41.2 Å². The molecule has 2 heterocycles.